The summed E-state index contributed by atoms with van der Waals surface area (Å²) >= 11 is 4.83. The molecule has 0 spiro atoms. The van der Waals surface area contributed by atoms with E-state index in [1.165, 1.54) is 11.3 Å². The summed E-state index contributed by atoms with van der Waals surface area (Å²) in [6.45, 7) is 3.04. The highest BCUT2D eigenvalue weighted by Gasteiger charge is 2.21. The maximum absolute atomic E-state index is 12.1. The van der Waals surface area contributed by atoms with Gasteiger partial charge in [0.15, 0.2) is 0 Å². The number of hydrogen-bond donors (Lipinski definition) is 1. The molecule has 1 aliphatic heterocycles. The number of amides is 1. The molecule has 1 atom stereocenters. The minimum Gasteiger partial charge on any atom is -0.374 e. The lowest BCUT2D eigenvalue weighted by atomic mass is 10.3. The van der Waals surface area contributed by atoms with Gasteiger partial charge in [0.2, 0.25) is 0 Å². The molecule has 0 bridgehead atoms. The van der Waals surface area contributed by atoms with Crippen LogP contribution < -0.4 is 5.32 Å². The number of rotatable bonds is 3. The van der Waals surface area contributed by atoms with Gasteiger partial charge in [-0.3, -0.25) is 4.79 Å². The van der Waals surface area contributed by atoms with Crippen molar-refractivity contribution in [2.75, 3.05) is 33.3 Å². The first-order chi connectivity index (χ1) is 8.18. The molecule has 1 aliphatic rings. The highest BCUT2D eigenvalue weighted by Crippen LogP contribution is 2.23. The fraction of sp³-hybridized carbons (Fsp3) is 0.545. The van der Waals surface area contributed by atoms with Gasteiger partial charge in [0.1, 0.15) is 4.88 Å². The molecular weight excluding hydrogens is 304 g/mol. The van der Waals surface area contributed by atoms with Crippen molar-refractivity contribution in [3.63, 3.8) is 0 Å². The minimum absolute atomic E-state index is 0.0426. The number of carbonyl (C=O) groups is 1. The molecule has 17 heavy (non-hydrogen) atoms. The van der Waals surface area contributed by atoms with Gasteiger partial charge in [-0.15, -0.1) is 11.3 Å². The van der Waals surface area contributed by atoms with Gasteiger partial charge in [-0.1, -0.05) is 0 Å². The zero-order valence-electron chi connectivity index (χ0n) is 9.61. The highest BCUT2D eigenvalue weighted by atomic mass is 79.9. The Kier molecular flexibility index (Phi) is 4.55. The van der Waals surface area contributed by atoms with Gasteiger partial charge in [0.05, 0.1) is 12.7 Å². The molecule has 1 aromatic rings. The van der Waals surface area contributed by atoms with E-state index >= 15 is 0 Å². The van der Waals surface area contributed by atoms with Crippen LogP contribution >= 0.6 is 27.3 Å². The van der Waals surface area contributed by atoms with Gasteiger partial charge in [-0.2, -0.15) is 0 Å². The molecule has 4 nitrogen and oxygen atoms in total. The largest absolute Gasteiger partial charge is 0.374 e. The molecule has 1 N–H and O–H groups in total. The van der Waals surface area contributed by atoms with E-state index in [1.54, 1.807) is 4.90 Å². The van der Waals surface area contributed by atoms with Gasteiger partial charge in [0.25, 0.3) is 5.91 Å². The van der Waals surface area contributed by atoms with Crippen LogP contribution in [0.15, 0.2) is 15.9 Å². The smallest absolute Gasteiger partial charge is 0.264 e. The third-order valence-corrected chi connectivity index (χ3v) is 4.47. The maximum Gasteiger partial charge on any atom is 0.264 e. The standard InChI is InChI=1S/C11H15BrN2O2S/c1-14(7-8-6-13-3-4-16-8)11(15)10-9(12)2-5-17-10/h2,5,8,13H,3-4,6-7H2,1H3. The van der Waals surface area contributed by atoms with Crippen molar-refractivity contribution in [3.05, 3.63) is 20.8 Å². The average molecular weight is 319 g/mol. The third-order valence-electron chi connectivity index (χ3n) is 2.64. The summed E-state index contributed by atoms with van der Waals surface area (Å²) in [5.74, 6) is 0.0426. The molecule has 1 aromatic heterocycles. The Bertz CT molecular complexity index is 391. The number of nitrogens with one attached hydrogen (secondary N) is 1. The lowest BCUT2D eigenvalue weighted by Crippen LogP contribution is -2.45. The van der Waals surface area contributed by atoms with Crippen LogP contribution in [0.2, 0.25) is 0 Å². The lowest BCUT2D eigenvalue weighted by molar-refractivity contribution is 0.0105. The van der Waals surface area contributed by atoms with Gasteiger partial charge >= 0.3 is 0 Å². The molecule has 1 amide bonds. The molecule has 0 saturated carbocycles. The van der Waals surface area contributed by atoms with Gasteiger partial charge in [-0.05, 0) is 27.4 Å². The molecule has 0 aliphatic carbocycles. The molecule has 1 fully saturated rings. The number of morpholine rings is 1. The van der Waals surface area contributed by atoms with Crippen molar-refractivity contribution in [2.24, 2.45) is 0 Å². The molecule has 94 valence electrons. The SMILES string of the molecule is CN(CC1CNCCO1)C(=O)c1sccc1Br. The van der Waals surface area contributed by atoms with Crippen molar-refractivity contribution in [3.8, 4) is 0 Å². The predicted molar refractivity (Wildman–Crippen MR) is 71.6 cm³/mol. The van der Waals surface area contributed by atoms with E-state index in [0.29, 0.717) is 6.54 Å². The van der Waals surface area contributed by atoms with Crippen LogP contribution in [0.4, 0.5) is 0 Å². The van der Waals surface area contributed by atoms with Crippen LogP contribution in [-0.4, -0.2) is 50.2 Å². The topological polar surface area (TPSA) is 41.6 Å². The molecule has 2 heterocycles. The lowest BCUT2D eigenvalue weighted by Gasteiger charge is -2.27. The van der Waals surface area contributed by atoms with Crippen LogP contribution in [0.25, 0.3) is 0 Å². The second kappa shape index (κ2) is 5.95. The zero-order valence-corrected chi connectivity index (χ0v) is 12.0. The second-order valence-corrected chi connectivity index (χ2v) is 5.75. The van der Waals surface area contributed by atoms with Gasteiger partial charge in [-0.25, -0.2) is 0 Å². The van der Waals surface area contributed by atoms with Crippen molar-refractivity contribution in [1.29, 1.82) is 0 Å². The van der Waals surface area contributed by atoms with Gasteiger partial charge < -0.3 is 15.0 Å². The molecule has 6 heteroatoms. The van der Waals surface area contributed by atoms with E-state index in [2.05, 4.69) is 21.2 Å². The van der Waals surface area contributed by atoms with E-state index in [4.69, 9.17) is 4.74 Å². The molecular formula is C11H15BrN2O2S. The fourth-order valence-electron chi connectivity index (χ4n) is 1.75. The number of hydrogen-bond acceptors (Lipinski definition) is 4. The summed E-state index contributed by atoms with van der Waals surface area (Å²) in [6, 6.07) is 1.89. The van der Waals surface area contributed by atoms with Crippen molar-refractivity contribution in [2.45, 2.75) is 6.10 Å². The predicted octanol–water partition coefficient (Wildman–Crippen LogP) is 1.57. The third kappa shape index (κ3) is 3.28. The number of carbonyl (C=O) groups excluding carboxylic acids is 1. The van der Waals surface area contributed by atoms with Gasteiger partial charge in [0, 0.05) is 31.2 Å². The first-order valence-electron chi connectivity index (χ1n) is 5.49. The maximum atomic E-state index is 12.1. The Balaban J connectivity index is 1.93. The summed E-state index contributed by atoms with van der Waals surface area (Å²) in [7, 11) is 1.81. The van der Waals surface area contributed by atoms with Crippen LogP contribution in [0.5, 0.6) is 0 Å². The number of thiophene rings is 1. The first-order valence-corrected chi connectivity index (χ1v) is 7.16. The summed E-state index contributed by atoms with van der Waals surface area (Å²) in [4.78, 5) is 14.6. The minimum atomic E-state index is 0.0426. The number of ether oxygens (including phenoxy) is 1. The fourth-order valence-corrected chi connectivity index (χ4v) is 3.28. The Morgan fingerprint density at radius 3 is 3.18 bits per heavy atom. The molecule has 0 radical (unpaired) electrons. The Morgan fingerprint density at radius 1 is 1.76 bits per heavy atom. The quantitative estimate of drug-likeness (QED) is 0.920. The molecule has 0 aromatic carbocycles. The molecule has 1 saturated heterocycles. The van der Waals surface area contributed by atoms with Crippen molar-refractivity contribution < 1.29 is 9.53 Å². The zero-order chi connectivity index (χ0) is 12.3. The van der Waals surface area contributed by atoms with Crippen molar-refractivity contribution in [1.82, 2.24) is 10.2 Å². The number of halogens is 1. The van der Waals surface area contributed by atoms with Crippen molar-refractivity contribution >= 4 is 33.2 Å². The summed E-state index contributed by atoms with van der Waals surface area (Å²) in [5, 5.41) is 5.16. The number of likely N-dealkylation sites (N-methyl/N-ethyl adjacent to an activating group) is 1. The summed E-state index contributed by atoms with van der Waals surface area (Å²) in [5.41, 5.74) is 0. The van der Waals surface area contributed by atoms with Crippen LogP contribution in [0.3, 0.4) is 0 Å². The normalized spacial score (nSPS) is 20.2. The Hall–Kier alpha value is -0.430. The monoisotopic (exact) mass is 318 g/mol. The number of nitrogens with zero attached hydrogens (tertiary/aromatic N) is 1. The molecule has 2 rings (SSSR count). The second-order valence-electron chi connectivity index (χ2n) is 3.98. The van der Waals surface area contributed by atoms with E-state index in [9.17, 15) is 4.79 Å². The first kappa shape index (κ1) is 13.0. The van der Waals surface area contributed by atoms with E-state index in [0.717, 1.165) is 29.0 Å². The Morgan fingerprint density at radius 2 is 2.59 bits per heavy atom. The van der Waals surface area contributed by atoms with Crippen LogP contribution in [-0.2, 0) is 4.74 Å². The van der Waals surface area contributed by atoms with Crippen LogP contribution in [0.1, 0.15) is 9.67 Å². The summed E-state index contributed by atoms with van der Waals surface area (Å²) < 4.78 is 6.44. The van der Waals surface area contributed by atoms with E-state index in [-0.39, 0.29) is 12.0 Å². The average Bonchev–Trinajstić information content (AvgIpc) is 2.76. The Labute approximate surface area is 113 Å². The summed E-state index contributed by atoms with van der Waals surface area (Å²) in [6.07, 6.45) is 0.0939. The highest BCUT2D eigenvalue weighted by molar-refractivity contribution is 9.10. The van der Waals surface area contributed by atoms with E-state index < -0.39 is 0 Å². The van der Waals surface area contributed by atoms with E-state index in [1.807, 2.05) is 18.5 Å². The van der Waals surface area contributed by atoms with Crippen LogP contribution in [0, 0.1) is 0 Å². The molecule has 1 unspecified atom stereocenters.